The fourth-order valence-electron chi connectivity index (χ4n) is 2.85. The molecule has 2 aliphatic heterocycles. The first-order valence-electron chi connectivity index (χ1n) is 6.87. The van der Waals surface area contributed by atoms with Crippen molar-refractivity contribution in [1.29, 1.82) is 0 Å². The number of non-ortho nitro benzene ring substituents is 1. The SMILES string of the molecule is O=C(C1CCCO1)N1CCCc2ccc([N+](=O)[O-])cc21. The number of nitrogens with zero attached hydrogens (tertiary/aromatic N) is 2. The van der Waals surface area contributed by atoms with Gasteiger partial charge in [0.15, 0.2) is 0 Å². The molecular weight excluding hydrogens is 260 g/mol. The van der Waals surface area contributed by atoms with Crippen LogP contribution in [0.1, 0.15) is 24.8 Å². The maximum Gasteiger partial charge on any atom is 0.271 e. The van der Waals surface area contributed by atoms with Gasteiger partial charge in [0.1, 0.15) is 6.10 Å². The number of carbonyl (C=O) groups excluding carboxylic acids is 1. The number of rotatable bonds is 2. The number of anilines is 1. The summed E-state index contributed by atoms with van der Waals surface area (Å²) in [5.41, 5.74) is 1.69. The monoisotopic (exact) mass is 276 g/mol. The number of benzene rings is 1. The summed E-state index contributed by atoms with van der Waals surface area (Å²) in [7, 11) is 0. The van der Waals surface area contributed by atoms with Crippen LogP contribution in [0.25, 0.3) is 0 Å². The third-order valence-corrected chi connectivity index (χ3v) is 3.87. The van der Waals surface area contributed by atoms with Gasteiger partial charge in [-0.25, -0.2) is 0 Å². The van der Waals surface area contributed by atoms with Crippen LogP contribution >= 0.6 is 0 Å². The molecule has 20 heavy (non-hydrogen) atoms. The Morgan fingerprint density at radius 3 is 2.95 bits per heavy atom. The first-order valence-corrected chi connectivity index (χ1v) is 6.87. The molecule has 0 spiro atoms. The zero-order valence-electron chi connectivity index (χ0n) is 11.1. The molecule has 0 aliphatic carbocycles. The molecule has 1 amide bonds. The van der Waals surface area contributed by atoms with Gasteiger partial charge in [-0.2, -0.15) is 0 Å². The van der Waals surface area contributed by atoms with Gasteiger partial charge in [-0.3, -0.25) is 14.9 Å². The van der Waals surface area contributed by atoms with Crippen LogP contribution in [-0.4, -0.2) is 30.1 Å². The average molecular weight is 276 g/mol. The fourth-order valence-corrected chi connectivity index (χ4v) is 2.85. The summed E-state index contributed by atoms with van der Waals surface area (Å²) >= 11 is 0. The summed E-state index contributed by atoms with van der Waals surface area (Å²) in [5, 5.41) is 10.9. The molecule has 1 atom stereocenters. The lowest BCUT2D eigenvalue weighted by Gasteiger charge is -2.30. The van der Waals surface area contributed by atoms with Crippen LogP contribution in [0.5, 0.6) is 0 Å². The Bertz CT molecular complexity index is 552. The predicted octanol–water partition coefficient (Wildman–Crippen LogP) is 2.05. The lowest BCUT2D eigenvalue weighted by atomic mass is 10.00. The van der Waals surface area contributed by atoms with E-state index in [2.05, 4.69) is 0 Å². The number of ether oxygens (including phenoxy) is 1. The lowest BCUT2D eigenvalue weighted by molar-refractivity contribution is -0.384. The van der Waals surface area contributed by atoms with Gasteiger partial charge in [-0.1, -0.05) is 6.07 Å². The molecular formula is C14H16N2O4. The van der Waals surface area contributed by atoms with Crippen LogP contribution in [0, 0.1) is 10.1 Å². The topological polar surface area (TPSA) is 72.7 Å². The minimum atomic E-state index is -0.427. The molecule has 6 nitrogen and oxygen atoms in total. The Morgan fingerprint density at radius 1 is 1.40 bits per heavy atom. The van der Waals surface area contributed by atoms with E-state index in [0.29, 0.717) is 18.8 Å². The number of amides is 1. The van der Waals surface area contributed by atoms with Gasteiger partial charge in [0.25, 0.3) is 11.6 Å². The molecule has 0 N–H and O–H groups in total. The van der Waals surface area contributed by atoms with Crippen molar-refractivity contribution in [3.63, 3.8) is 0 Å². The van der Waals surface area contributed by atoms with Crippen molar-refractivity contribution >= 4 is 17.3 Å². The van der Waals surface area contributed by atoms with Crippen LogP contribution in [0.4, 0.5) is 11.4 Å². The van der Waals surface area contributed by atoms with E-state index in [-0.39, 0.29) is 17.7 Å². The van der Waals surface area contributed by atoms with Crippen molar-refractivity contribution in [3.8, 4) is 0 Å². The van der Waals surface area contributed by atoms with E-state index < -0.39 is 4.92 Å². The Labute approximate surface area is 116 Å². The predicted molar refractivity (Wildman–Crippen MR) is 72.7 cm³/mol. The number of carbonyl (C=O) groups is 1. The Hall–Kier alpha value is -1.95. The molecule has 1 fully saturated rings. The average Bonchev–Trinajstić information content (AvgIpc) is 2.99. The number of hydrogen-bond donors (Lipinski definition) is 0. The van der Waals surface area contributed by atoms with E-state index in [9.17, 15) is 14.9 Å². The van der Waals surface area contributed by atoms with Crippen LogP contribution in [0.3, 0.4) is 0 Å². The van der Waals surface area contributed by atoms with Gasteiger partial charge in [0, 0.05) is 25.3 Å². The quantitative estimate of drug-likeness (QED) is 0.612. The standard InChI is InChI=1S/C14H16N2O4/c17-14(13-4-2-8-20-13)15-7-1-3-10-5-6-11(16(18)19)9-12(10)15/h5-6,9,13H,1-4,7-8H2. The third-order valence-electron chi connectivity index (χ3n) is 3.87. The second kappa shape index (κ2) is 5.20. The van der Waals surface area contributed by atoms with E-state index in [4.69, 9.17) is 4.74 Å². The molecule has 1 unspecified atom stereocenters. The van der Waals surface area contributed by atoms with E-state index in [1.165, 1.54) is 12.1 Å². The van der Waals surface area contributed by atoms with Crippen LogP contribution in [0.15, 0.2) is 18.2 Å². The normalized spacial score (nSPS) is 21.6. The fraction of sp³-hybridized carbons (Fsp3) is 0.500. The number of fused-ring (bicyclic) bond motifs is 1. The zero-order chi connectivity index (χ0) is 14.1. The van der Waals surface area contributed by atoms with Crippen LogP contribution in [-0.2, 0) is 16.0 Å². The lowest BCUT2D eigenvalue weighted by Crippen LogP contribution is -2.42. The van der Waals surface area contributed by atoms with Gasteiger partial charge in [0.05, 0.1) is 10.6 Å². The zero-order valence-corrected chi connectivity index (χ0v) is 11.1. The van der Waals surface area contributed by atoms with Crippen molar-refractivity contribution < 1.29 is 14.5 Å². The van der Waals surface area contributed by atoms with Crippen LogP contribution < -0.4 is 4.90 Å². The van der Waals surface area contributed by atoms with Gasteiger partial charge in [-0.05, 0) is 31.2 Å². The summed E-state index contributed by atoms with van der Waals surface area (Å²) in [4.78, 5) is 24.6. The minimum absolute atomic E-state index is 0.0239. The number of nitro benzene ring substituents is 1. The molecule has 0 aromatic heterocycles. The highest BCUT2D eigenvalue weighted by atomic mass is 16.6. The highest BCUT2D eigenvalue weighted by Crippen LogP contribution is 2.32. The number of nitro groups is 1. The molecule has 1 aromatic rings. The molecule has 2 heterocycles. The Kier molecular flexibility index (Phi) is 3.40. The van der Waals surface area contributed by atoms with E-state index in [0.717, 1.165) is 31.2 Å². The molecule has 0 saturated carbocycles. The van der Waals surface area contributed by atoms with E-state index in [1.807, 2.05) is 0 Å². The van der Waals surface area contributed by atoms with Crippen molar-refractivity contribution in [2.24, 2.45) is 0 Å². The Morgan fingerprint density at radius 2 is 2.25 bits per heavy atom. The second-order valence-electron chi connectivity index (χ2n) is 5.17. The molecule has 0 bridgehead atoms. The second-order valence-corrected chi connectivity index (χ2v) is 5.17. The molecule has 1 aromatic carbocycles. The molecule has 0 radical (unpaired) electrons. The van der Waals surface area contributed by atoms with Gasteiger partial charge in [-0.15, -0.1) is 0 Å². The first-order chi connectivity index (χ1) is 9.66. The van der Waals surface area contributed by atoms with E-state index in [1.54, 1.807) is 11.0 Å². The molecule has 106 valence electrons. The molecule has 1 saturated heterocycles. The van der Waals surface area contributed by atoms with Crippen molar-refractivity contribution in [2.45, 2.75) is 31.8 Å². The maximum absolute atomic E-state index is 12.5. The minimum Gasteiger partial charge on any atom is -0.368 e. The summed E-state index contributed by atoms with van der Waals surface area (Å²) in [6, 6.07) is 4.75. The molecule has 3 rings (SSSR count). The van der Waals surface area contributed by atoms with Crippen molar-refractivity contribution in [2.75, 3.05) is 18.1 Å². The van der Waals surface area contributed by atoms with Gasteiger partial charge in [0.2, 0.25) is 0 Å². The summed E-state index contributed by atoms with van der Waals surface area (Å²) in [6.45, 7) is 1.22. The smallest absolute Gasteiger partial charge is 0.271 e. The van der Waals surface area contributed by atoms with Crippen LogP contribution in [0.2, 0.25) is 0 Å². The van der Waals surface area contributed by atoms with Crippen molar-refractivity contribution in [1.82, 2.24) is 0 Å². The number of hydrogen-bond acceptors (Lipinski definition) is 4. The van der Waals surface area contributed by atoms with Gasteiger partial charge < -0.3 is 9.64 Å². The van der Waals surface area contributed by atoms with E-state index >= 15 is 0 Å². The van der Waals surface area contributed by atoms with Gasteiger partial charge >= 0.3 is 0 Å². The Balaban J connectivity index is 1.93. The summed E-state index contributed by atoms with van der Waals surface area (Å²) in [6.07, 6.45) is 2.97. The summed E-state index contributed by atoms with van der Waals surface area (Å²) < 4.78 is 5.44. The third kappa shape index (κ3) is 2.27. The highest BCUT2D eigenvalue weighted by molar-refractivity contribution is 5.98. The first kappa shape index (κ1) is 13.1. The summed E-state index contributed by atoms with van der Waals surface area (Å²) in [5.74, 6) is -0.0658. The molecule has 6 heteroatoms. The largest absolute Gasteiger partial charge is 0.368 e. The van der Waals surface area contributed by atoms with Crippen molar-refractivity contribution in [3.05, 3.63) is 33.9 Å². The molecule has 2 aliphatic rings. The number of aryl methyl sites for hydroxylation is 1. The highest BCUT2D eigenvalue weighted by Gasteiger charge is 2.32. The maximum atomic E-state index is 12.5.